The van der Waals surface area contributed by atoms with Gasteiger partial charge in [-0.3, -0.25) is 9.69 Å². The van der Waals surface area contributed by atoms with E-state index < -0.39 is 0 Å². The second-order valence-electron chi connectivity index (χ2n) is 7.82. The molecule has 0 spiro atoms. The van der Waals surface area contributed by atoms with Crippen molar-refractivity contribution in [3.05, 3.63) is 102 Å². The molecule has 0 radical (unpaired) electrons. The van der Waals surface area contributed by atoms with Crippen LogP contribution in [0.25, 0.3) is 0 Å². The molecule has 3 aromatic carbocycles. The summed E-state index contributed by atoms with van der Waals surface area (Å²) in [6.45, 7) is 3.49. The number of likely N-dealkylation sites (tertiary alicyclic amines) is 1. The van der Waals surface area contributed by atoms with Crippen molar-refractivity contribution in [1.29, 1.82) is 0 Å². The third-order valence-electron chi connectivity index (χ3n) is 5.90. The Balaban J connectivity index is 1.53. The van der Waals surface area contributed by atoms with E-state index in [2.05, 4.69) is 17.0 Å². The summed E-state index contributed by atoms with van der Waals surface area (Å²) in [5, 5.41) is 0. The summed E-state index contributed by atoms with van der Waals surface area (Å²) in [7, 11) is 0. The van der Waals surface area contributed by atoms with Gasteiger partial charge in [-0.1, -0.05) is 60.7 Å². The number of piperidine rings is 1. The quantitative estimate of drug-likeness (QED) is 0.521. The van der Waals surface area contributed by atoms with Crippen LogP contribution in [0.1, 0.15) is 35.2 Å². The second-order valence-corrected chi connectivity index (χ2v) is 7.82. The van der Waals surface area contributed by atoms with Crippen molar-refractivity contribution in [3.8, 4) is 5.75 Å². The van der Waals surface area contributed by atoms with Crippen molar-refractivity contribution in [2.45, 2.75) is 31.4 Å². The number of benzene rings is 3. The zero-order valence-electron chi connectivity index (χ0n) is 17.1. The maximum atomic E-state index is 13.3. The van der Waals surface area contributed by atoms with E-state index in [0.717, 1.165) is 25.1 Å². The zero-order valence-corrected chi connectivity index (χ0v) is 17.1. The molecule has 3 unspecified atom stereocenters. The van der Waals surface area contributed by atoms with Gasteiger partial charge >= 0.3 is 0 Å². The summed E-state index contributed by atoms with van der Waals surface area (Å²) in [4.78, 5) is 15.2. The Hall–Kier alpha value is -2.98. The Morgan fingerprint density at radius 3 is 2.27 bits per heavy atom. The molecular formula is C26H26FNO2. The fourth-order valence-electron chi connectivity index (χ4n) is 4.17. The van der Waals surface area contributed by atoms with Crippen LogP contribution in [-0.2, 0) is 0 Å². The lowest BCUT2D eigenvalue weighted by atomic mass is 9.86. The number of carbonyl (C=O) groups is 1. The minimum absolute atomic E-state index is 0.0341. The normalized spacial score (nSPS) is 20.5. The van der Waals surface area contributed by atoms with Crippen molar-refractivity contribution in [2.24, 2.45) is 0 Å². The van der Waals surface area contributed by atoms with Gasteiger partial charge in [0, 0.05) is 24.6 Å². The lowest BCUT2D eigenvalue weighted by Gasteiger charge is -2.41. The van der Waals surface area contributed by atoms with E-state index in [4.69, 9.17) is 4.74 Å². The number of ether oxygens (including phenoxy) is 1. The molecule has 0 amide bonds. The molecule has 0 aliphatic carbocycles. The predicted molar refractivity (Wildman–Crippen MR) is 116 cm³/mol. The molecule has 0 saturated carbocycles. The summed E-state index contributed by atoms with van der Waals surface area (Å²) in [6, 6.07) is 25.7. The van der Waals surface area contributed by atoms with Crippen LogP contribution in [0, 0.1) is 5.82 Å². The molecule has 4 heteroatoms. The lowest BCUT2D eigenvalue weighted by Crippen LogP contribution is -2.50. The Bertz CT molecular complexity index is 959. The van der Waals surface area contributed by atoms with Crippen LogP contribution in [0.3, 0.4) is 0 Å². The van der Waals surface area contributed by atoms with Gasteiger partial charge in [0.1, 0.15) is 17.7 Å². The first-order valence-electron chi connectivity index (χ1n) is 10.4. The highest BCUT2D eigenvalue weighted by molar-refractivity contribution is 5.99. The maximum Gasteiger partial charge on any atom is 0.179 e. The lowest BCUT2D eigenvalue weighted by molar-refractivity contribution is 0.0509. The van der Waals surface area contributed by atoms with Crippen molar-refractivity contribution in [2.75, 3.05) is 13.1 Å². The largest absolute Gasteiger partial charge is 0.490 e. The molecule has 3 nitrogen and oxygen atoms in total. The van der Waals surface area contributed by atoms with Gasteiger partial charge in [-0.15, -0.1) is 0 Å². The third-order valence-corrected chi connectivity index (χ3v) is 5.90. The number of carbonyl (C=O) groups excluding carboxylic acids is 1. The van der Waals surface area contributed by atoms with Gasteiger partial charge in [0.25, 0.3) is 0 Å². The first kappa shape index (κ1) is 20.3. The molecule has 0 aromatic heterocycles. The molecule has 154 valence electrons. The number of hydrogen-bond donors (Lipinski definition) is 0. The first-order chi connectivity index (χ1) is 14.6. The minimum Gasteiger partial charge on any atom is -0.490 e. The van der Waals surface area contributed by atoms with Gasteiger partial charge in [-0.05, 0) is 43.2 Å². The van der Waals surface area contributed by atoms with Crippen molar-refractivity contribution in [1.82, 2.24) is 4.90 Å². The third kappa shape index (κ3) is 4.60. The van der Waals surface area contributed by atoms with Gasteiger partial charge in [-0.2, -0.15) is 0 Å². The molecule has 1 heterocycles. The summed E-state index contributed by atoms with van der Waals surface area (Å²) in [5.74, 6) is 0.658. The minimum atomic E-state index is -0.273. The topological polar surface area (TPSA) is 29.5 Å². The fourth-order valence-corrected chi connectivity index (χ4v) is 4.17. The van der Waals surface area contributed by atoms with Crippen molar-refractivity contribution >= 4 is 5.78 Å². The van der Waals surface area contributed by atoms with Crippen LogP contribution >= 0.6 is 0 Å². The number of halogens is 1. The van der Waals surface area contributed by atoms with E-state index in [1.165, 1.54) is 17.7 Å². The van der Waals surface area contributed by atoms with E-state index in [0.29, 0.717) is 5.75 Å². The van der Waals surface area contributed by atoms with Crippen LogP contribution in [0.15, 0.2) is 84.9 Å². The summed E-state index contributed by atoms with van der Waals surface area (Å²) < 4.78 is 19.5. The van der Waals surface area contributed by atoms with Gasteiger partial charge in [0.05, 0.1) is 6.04 Å². The second kappa shape index (κ2) is 9.23. The fraction of sp³-hybridized carbons (Fsp3) is 0.269. The zero-order chi connectivity index (χ0) is 20.9. The molecule has 3 aromatic rings. The van der Waals surface area contributed by atoms with Gasteiger partial charge < -0.3 is 4.74 Å². The van der Waals surface area contributed by atoms with E-state index in [-0.39, 0.29) is 29.7 Å². The molecule has 0 bridgehead atoms. The molecular weight excluding hydrogens is 377 g/mol. The number of hydrogen-bond acceptors (Lipinski definition) is 3. The average molecular weight is 403 g/mol. The molecule has 1 saturated heterocycles. The van der Waals surface area contributed by atoms with Crippen LogP contribution in [-0.4, -0.2) is 35.9 Å². The molecule has 4 rings (SSSR count). The van der Waals surface area contributed by atoms with Gasteiger partial charge in [-0.25, -0.2) is 4.39 Å². The SMILES string of the molecule is CC(C(=O)c1ccccc1)N1CCC(Oc2ccc(F)cc2)C(c2ccccc2)C1. The van der Waals surface area contributed by atoms with Crippen LogP contribution in [0.5, 0.6) is 5.75 Å². The molecule has 3 atom stereocenters. The van der Waals surface area contributed by atoms with Crippen LogP contribution in [0.4, 0.5) is 4.39 Å². The van der Waals surface area contributed by atoms with Crippen LogP contribution in [0.2, 0.25) is 0 Å². The Morgan fingerprint density at radius 2 is 1.60 bits per heavy atom. The summed E-state index contributed by atoms with van der Waals surface area (Å²) >= 11 is 0. The molecule has 1 fully saturated rings. The molecule has 1 aliphatic heterocycles. The van der Waals surface area contributed by atoms with Crippen LogP contribution < -0.4 is 4.74 Å². The monoisotopic (exact) mass is 403 g/mol. The Kier molecular flexibility index (Phi) is 6.24. The van der Waals surface area contributed by atoms with E-state index >= 15 is 0 Å². The highest BCUT2D eigenvalue weighted by atomic mass is 19.1. The number of ketones is 1. The summed E-state index contributed by atoms with van der Waals surface area (Å²) in [5.41, 5.74) is 1.93. The highest BCUT2D eigenvalue weighted by Gasteiger charge is 2.35. The van der Waals surface area contributed by atoms with Gasteiger partial charge in [0.2, 0.25) is 0 Å². The van der Waals surface area contributed by atoms with E-state index in [1.54, 1.807) is 12.1 Å². The molecule has 1 aliphatic rings. The first-order valence-corrected chi connectivity index (χ1v) is 10.4. The predicted octanol–water partition coefficient (Wildman–Crippen LogP) is 5.33. The highest BCUT2D eigenvalue weighted by Crippen LogP contribution is 2.32. The average Bonchev–Trinajstić information content (AvgIpc) is 2.81. The van der Waals surface area contributed by atoms with Crippen molar-refractivity contribution < 1.29 is 13.9 Å². The Labute approximate surface area is 177 Å². The smallest absolute Gasteiger partial charge is 0.179 e. The summed E-state index contributed by atoms with van der Waals surface area (Å²) in [6.07, 6.45) is 0.761. The molecule has 0 N–H and O–H groups in total. The number of nitrogens with zero attached hydrogens (tertiary/aromatic N) is 1. The number of rotatable bonds is 6. The Morgan fingerprint density at radius 1 is 0.967 bits per heavy atom. The van der Waals surface area contributed by atoms with Gasteiger partial charge in [0.15, 0.2) is 5.78 Å². The number of Topliss-reactive ketones (excluding diaryl/α,β-unsaturated/α-hetero) is 1. The molecule has 30 heavy (non-hydrogen) atoms. The van der Waals surface area contributed by atoms with E-state index in [1.807, 2.05) is 55.5 Å². The van der Waals surface area contributed by atoms with Crippen molar-refractivity contribution in [3.63, 3.8) is 0 Å². The van der Waals surface area contributed by atoms with E-state index in [9.17, 15) is 9.18 Å². The standard InChI is InChI=1S/C26H26FNO2/c1-19(26(29)21-10-6-3-7-11-21)28-17-16-25(30-23-14-12-22(27)13-15-23)24(18-28)20-8-4-2-5-9-20/h2-15,19,24-25H,16-18H2,1H3. The maximum absolute atomic E-state index is 13.3.